The second-order valence-electron chi connectivity index (χ2n) is 7.30. The van der Waals surface area contributed by atoms with Crippen LogP contribution in [0.5, 0.6) is 0 Å². The van der Waals surface area contributed by atoms with Gasteiger partial charge in [0.15, 0.2) is 5.60 Å². The Hall–Kier alpha value is -3.52. The van der Waals surface area contributed by atoms with Gasteiger partial charge in [-0.25, -0.2) is 9.78 Å². The van der Waals surface area contributed by atoms with E-state index in [1.54, 1.807) is 0 Å². The summed E-state index contributed by atoms with van der Waals surface area (Å²) < 4.78 is 6.47. The molecule has 1 aliphatic rings. The number of fused-ring (bicyclic) bond motifs is 4. The van der Waals surface area contributed by atoms with E-state index in [-0.39, 0.29) is 24.1 Å². The Bertz CT molecular complexity index is 1260. The van der Waals surface area contributed by atoms with Crippen molar-refractivity contribution in [3.05, 3.63) is 63.4 Å². The maximum absolute atomic E-state index is 13.3. The zero-order valence-electron chi connectivity index (χ0n) is 16.5. The predicted octanol–water partition coefficient (Wildman–Crippen LogP) is 2.17. The van der Waals surface area contributed by atoms with Gasteiger partial charge in [-0.05, 0) is 24.6 Å². The third-order valence-electron chi connectivity index (χ3n) is 5.51. The highest BCUT2D eigenvalue weighted by Gasteiger charge is 2.41. The molecule has 3 heterocycles. The number of para-hydroxylation sites is 1. The minimum absolute atomic E-state index is 0.0574. The smallest absolute Gasteiger partial charge is 0.340 e. The van der Waals surface area contributed by atoms with Crippen molar-refractivity contribution in [1.82, 2.24) is 9.55 Å². The number of hydrogen-bond donors (Lipinski definition) is 2. The maximum atomic E-state index is 13.3. The van der Waals surface area contributed by atoms with Crippen molar-refractivity contribution in [3.63, 3.8) is 0 Å². The molecule has 0 amide bonds. The summed E-state index contributed by atoms with van der Waals surface area (Å²) in [7, 11) is 0. The molecule has 0 aliphatic carbocycles. The lowest BCUT2D eigenvalue weighted by molar-refractivity contribution is -0.160. The Kier molecular flexibility index (Phi) is 4.66. The number of carboxylic acids is 1. The summed E-state index contributed by atoms with van der Waals surface area (Å²) in [5, 5.41) is 21.5. The third kappa shape index (κ3) is 2.96. The van der Waals surface area contributed by atoms with Gasteiger partial charge in [-0.3, -0.25) is 9.59 Å². The molecule has 1 aliphatic heterocycles. The molecule has 30 heavy (non-hydrogen) atoms. The van der Waals surface area contributed by atoms with Crippen molar-refractivity contribution >= 4 is 22.8 Å². The van der Waals surface area contributed by atoms with Crippen molar-refractivity contribution in [2.75, 3.05) is 0 Å². The fourth-order valence-corrected chi connectivity index (χ4v) is 3.85. The van der Waals surface area contributed by atoms with Crippen molar-refractivity contribution < 1.29 is 24.5 Å². The number of pyridine rings is 2. The highest BCUT2D eigenvalue weighted by atomic mass is 16.5. The number of carboxylic acid groups (broad SMARTS) is 1. The van der Waals surface area contributed by atoms with Crippen LogP contribution in [0.15, 0.2) is 41.2 Å². The molecular weight excluding hydrogens is 388 g/mol. The molecule has 0 saturated carbocycles. The molecule has 8 nitrogen and oxygen atoms in total. The van der Waals surface area contributed by atoms with Gasteiger partial charge in [-0.1, -0.05) is 25.1 Å². The SMILES string of the molecule is CC[C@](O)(C(=O)O)c1cc2n(c(=O)c1COC(C)=O)Cc1cc3ccccc3nc1-2. The van der Waals surface area contributed by atoms with Crippen LogP contribution in [0.25, 0.3) is 22.3 Å². The molecule has 0 unspecified atom stereocenters. The fraction of sp³-hybridized carbons (Fsp3) is 0.273. The van der Waals surface area contributed by atoms with Crippen molar-refractivity contribution in [3.8, 4) is 11.4 Å². The predicted molar refractivity (Wildman–Crippen MR) is 108 cm³/mol. The molecule has 154 valence electrons. The van der Waals surface area contributed by atoms with Crippen LogP contribution in [0.2, 0.25) is 0 Å². The number of aliphatic carboxylic acids is 1. The number of ether oxygens (including phenoxy) is 1. The van der Waals surface area contributed by atoms with Gasteiger partial charge in [-0.15, -0.1) is 0 Å². The van der Waals surface area contributed by atoms with Crippen LogP contribution in [-0.4, -0.2) is 31.7 Å². The average Bonchev–Trinajstić information content (AvgIpc) is 3.08. The standard InChI is InChI=1S/C22H20N2O6/c1-3-22(29,21(27)28)16-9-18-19-14(8-13-6-4-5-7-17(13)23-19)10-24(18)20(26)15(16)11-30-12(2)25/h4-9,29H,3,10-11H2,1-2H3,(H,27,28)/t22-/m1/s1. The minimum atomic E-state index is -2.30. The molecule has 2 aromatic heterocycles. The maximum Gasteiger partial charge on any atom is 0.340 e. The van der Waals surface area contributed by atoms with Gasteiger partial charge < -0.3 is 19.5 Å². The molecule has 0 saturated heterocycles. The summed E-state index contributed by atoms with van der Waals surface area (Å²) in [6.45, 7) is 2.53. The topological polar surface area (TPSA) is 119 Å². The quantitative estimate of drug-likeness (QED) is 0.486. The van der Waals surface area contributed by atoms with Gasteiger partial charge in [0.2, 0.25) is 0 Å². The Morgan fingerprint density at radius 1 is 1.27 bits per heavy atom. The number of carbonyl (C=O) groups is 2. The lowest BCUT2D eigenvalue weighted by Gasteiger charge is -2.25. The zero-order valence-corrected chi connectivity index (χ0v) is 16.5. The van der Waals surface area contributed by atoms with Gasteiger partial charge in [0.25, 0.3) is 5.56 Å². The van der Waals surface area contributed by atoms with E-state index < -0.39 is 29.7 Å². The summed E-state index contributed by atoms with van der Waals surface area (Å²) in [4.78, 5) is 41.2. The number of rotatable bonds is 5. The normalized spacial score (nSPS) is 14.1. The number of nitrogens with zero attached hydrogens (tertiary/aromatic N) is 2. The first-order chi connectivity index (χ1) is 14.3. The summed E-state index contributed by atoms with van der Waals surface area (Å²) in [5.41, 5.74) is -0.410. The first-order valence-corrected chi connectivity index (χ1v) is 9.51. The largest absolute Gasteiger partial charge is 0.479 e. The number of esters is 1. The third-order valence-corrected chi connectivity index (χ3v) is 5.51. The summed E-state index contributed by atoms with van der Waals surface area (Å²) in [5.74, 6) is -2.10. The van der Waals surface area contributed by atoms with E-state index in [2.05, 4.69) is 4.98 Å². The molecule has 1 aromatic carbocycles. The van der Waals surface area contributed by atoms with Crippen LogP contribution in [0.3, 0.4) is 0 Å². The first-order valence-electron chi connectivity index (χ1n) is 9.51. The summed E-state index contributed by atoms with van der Waals surface area (Å²) in [6, 6.07) is 11.0. The van der Waals surface area contributed by atoms with Crippen LogP contribution in [0, 0.1) is 0 Å². The van der Waals surface area contributed by atoms with E-state index >= 15 is 0 Å². The Morgan fingerprint density at radius 2 is 2.00 bits per heavy atom. The van der Waals surface area contributed by atoms with Crippen LogP contribution in [0.1, 0.15) is 37.0 Å². The van der Waals surface area contributed by atoms with Crippen LogP contribution >= 0.6 is 0 Å². The summed E-state index contributed by atoms with van der Waals surface area (Å²) >= 11 is 0. The number of aromatic nitrogens is 2. The highest BCUT2D eigenvalue weighted by molar-refractivity contribution is 5.85. The summed E-state index contributed by atoms with van der Waals surface area (Å²) in [6.07, 6.45) is -0.170. The minimum Gasteiger partial charge on any atom is -0.479 e. The molecule has 0 fully saturated rings. The molecule has 1 atom stereocenters. The lowest BCUT2D eigenvalue weighted by Crippen LogP contribution is -2.39. The molecule has 2 N–H and O–H groups in total. The van der Waals surface area contributed by atoms with Gasteiger partial charge in [0.05, 0.1) is 29.0 Å². The van der Waals surface area contributed by atoms with E-state index in [0.717, 1.165) is 16.5 Å². The number of hydrogen-bond acceptors (Lipinski definition) is 6. The van der Waals surface area contributed by atoms with Gasteiger partial charge in [0, 0.05) is 23.4 Å². The number of aliphatic hydroxyl groups is 1. The van der Waals surface area contributed by atoms with E-state index in [1.165, 1.54) is 24.5 Å². The van der Waals surface area contributed by atoms with Gasteiger partial charge in [0.1, 0.15) is 6.61 Å². The molecular formula is C22H20N2O6. The zero-order chi connectivity index (χ0) is 21.6. The van der Waals surface area contributed by atoms with E-state index in [9.17, 15) is 24.6 Å². The highest BCUT2D eigenvalue weighted by Crippen LogP contribution is 2.36. The first kappa shape index (κ1) is 19.8. The molecule has 0 spiro atoms. The number of benzene rings is 1. The lowest BCUT2D eigenvalue weighted by atomic mass is 9.87. The molecule has 8 heteroatoms. The average molecular weight is 408 g/mol. The monoisotopic (exact) mass is 408 g/mol. The second kappa shape index (κ2) is 7.07. The van der Waals surface area contributed by atoms with E-state index in [1.807, 2.05) is 30.3 Å². The Balaban J connectivity index is 1.99. The van der Waals surface area contributed by atoms with Crippen molar-refractivity contribution in [2.24, 2.45) is 0 Å². The Morgan fingerprint density at radius 3 is 2.67 bits per heavy atom. The van der Waals surface area contributed by atoms with Gasteiger partial charge in [-0.2, -0.15) is 0 Å². The second-order valence-corrected chi connectivity index (χ2v) is 7.30. The fourth-order valence-electron chi connectivity index (χ4n) is 3.85. The molecule has 4 rings (SSSR count). The van der Waals surface area contributed by atoms with Crippen molar-refractivity contribution in [1.29, 1.82) is 0 Å². The van der Waals surface area contributed by atoms with Crippen molar-refractivity contribution in [2.45, 2.75) is 39.0 Å². The van der Waals surface area contributed by atoms with Crippen LogP contribution in [-0.2, 0) is 33.1 Å². The molecule has 0 radical (unpaired) electrons. The van der Waals surface area contributed by atoms with E-state index in [4.69, 9.17) is 4.74 Å². The molecule has 0 bridgehead atoms. The van der Waals surface area contributed by atoms with Gasteiger partial charge >= 0.3 is 11.9 Å². The molecule has 3 aromatic rings. The number of carbonyl (C=O) groups excluding carboxylic acids is 1. The van der Waals surface area contributed by atoms with Crippen LogP contribution in [0.4, 0.5) is 0 Å². The Labute approximate surface area is 171 Å². The van der Waals surface area contributed by atoms with E-state index in [0.29, 0.717) is 11.4 Å². The van der Waals surface area contributed by atoms with Crippen LogP contribution < -0.4 is 5.56 Å².